The first-order valence-corrected chi connectivity index (χ1v) is 8.45. The maximum atomic E-state index is 5.79. The van der Waals surface area contributed by atoms with Crippen molar-refractivity contribution in [1.29, 1.82) is 0 Å². The Hall–Kier alpha value is -1.24. The van der Waals surface area contributed by atoms with Crippen LogP contribution in [0.1, 0.15) is 25.3 Å². The Morgan fingerprint density at radius 3 is 2.73 bits per heavy atom. The third kappa shape index (κ3) is 4.15. The Kier molecular flexibility index (Phi) is 5.58. The second-order valence-electron chi connectivity index (χ2n) is 6.10. The van der Waals surface area contributed by atoms with Gasteiger partial charge >= 0.3 is 0 Å². The number of anilines is 1. The van der Waals surface area contributed by atoms with Crippen LogP contribution in [0.3, 0.4) is 0 Å². The summed E-state index contributed by atoms with van der Waals surface area (Å²) in [6, 6.07) is 0. The molecule has 2 saturated heterocycles. The van der Waals surface area contributed by atoms with Crippen LogP contribution in [0.25, 0.3) is 0 Å². The molecule has 22 heavy (non-hydrogen) atoms. The average Bonchev–Trinajstić information content (AvgIpc) is 3.10. The van der Waals surface area contributed by atoms with Crippen molar-refractivity contribution in [2.24, 2.45) is 0 Å². The van der Waals surface area contributed by atoms with Crippen molar-refractivity contribution >= 4 is 5.95 Å². The third-order valence-electron chi connectivity index (χ3n) is 4.45. The van der Waals surface area contributed by atoms with E-state index in [1.54, 1.807) is 0 Å². The molecular formula is C16H27N5O. The number of rotatable bonds is 6. The van der Waals surface area contributed by atoms with Gasteiger partial charge < -0.3 is 15.0 Å². The van der Waals surface area contributed by atoms with Crippen LogP contribution < -0.4 is 10.2 Å². The van der Waals surface area contributed by atoms with E-state index >= 15 is 0 Å². The number of hydrogen-bond acceptors (Lipinski definition) is 6. The lowest BCUT2D eigenvalue weighted by Gasteiger charge is -2.32. The highest BCUT2D eigenvalue weighted by atomic mass is 16.5. The predicted molar refractivity (Wildman–Crippen MR) is 87.0 cm³/mol. The van der Waals surface area contributed by atoms with E-state index in [1.165, 1.54) is 12.8 Å². The minimum Gasteiger partial charge on any atom is -0.374 e. The molecule has 3 heterocycles. The van der Waals surface area contributed by atoms with E-state index in [9.17, 15) is 0 Å². The first-order valence-electron chi connectivity index (χ1n) is 8.45. The number of aromatic nitrogens is 2. The molecule has 122 valence electrons. The molecule has 0 aromatic carbocycles. The normalized spacial score (nSPS) is 23.1. The van der Waals surface area contributed by atoms with Crippen LogP contribution in [-0.4, -0.2) is 66.8 Å². The van der Waals surface area contributed by atoms with Crippen LogP contribution in [0.15, 0.2) is 12.4 Å². The summed E-state index contributed by atoms with van der Waals surface area (Å²) in [4.78, 5) is 13.7. The van der Waals surface area contributed by atoms with Gasteiger partial charge in [0.1, 0.15) is 0 Å². The fraction of sp³-hybridized carbons (Fsp3) is 0.750. The zero-order valence-electron chi connectivity index (χ0n) is 13.5. The van der Waals surface area contributed by atoms with Gasteiger partial charge in [0.2, 0.25) is 5.95 Å². The van der Waals surface area contributed by atoms with Gasteiger partial charge in [0.05, 0.1) is 12.7 Å². The van der Waals surface area contributed by atoms with Crippen LogP contribution in [0, 0.1) is 0 Å². The molecule has 0 aliphatic carbocycles. The van der Waals surface area contributed by atoms with E-state index in [4.69, 9.17) is 4.74 Å². The summed E-state index contributed by atoms with van der Waals surface area (Å²) in [6.45, 7) is 10.1. The van der Waals surface area contributed by atoms with Gasteiger partial charge in [-0.2, -0.15) is 0 Å². The van der Waals surface area contributed by atoms with Crippen molar-refractivity contribution in [3.8, 4) is 0 Å². The van der Waals surface area contributed by atoms with Crippen molar-refractivity contribution in [3.63, 3.8) is 0 Å². The third-order valence-corrected chi connectivity index (χ3v) is 4.45. The number of nitrogens with zero attached hydrogens (tertiary/aromatic N) is 4. The van der Waals surface area contributed by atoms with E-state index in [-0.39, 0.29) is 0 Å². The smallest absolute Gasteiger partial charge is 0.225 e. The van der Waals surface area contributed by atoms with E-state index in [0.717, 1.165) is 63.9 Å². The molecule has 0 unspecified atom stereocenters. The molecule has 0 radical (unpaired) electrons. The van der Waals surface area contributed by atoms with Gasteiger partial charge in [-0.25, -0.2) is 9.97 Å². The molecule has 1 aromatic heterocycles. The highest BCUT2D eigenvalue weighted by molar-refractivity contribution is 5.30. The lowest BCUT2D eigenvalue weighted by atomic mass is 10.2. The minimum absolute atomic E-state index is 0.290. The highest BCUT2D eigenvalue weighted by Crippen LogP contribution is 2.14. The molecule has 2 aliphatic heterocycles. The standard InChI is InChI=1S/C16H27N5O/c1-2-20-7-8-22-15(13-20)12-17-9-14-10-18-16(19-11-14)21-5-3-4-6-21/h10-11,15,17H,2-9,12-13H2,1H3/t15-/m1/s1. The van der Waals surface area contributed by atoms with Gasteiger partial charge in [-0.05, 0) is 19.4 Å². The first-order chi connectivity index (χ1) is 10.8. The molecule has 1 N–H and O–H groups in total. The van der Waals surface area contributed by atoms with Gasteiger partial charge in [0, 0.05) is 57.2 Å². The van der Waals surface area contributed by atoms with Crippen LogP contribution in [-0.2, 0) is 11.3 Å². The molecule has 1 atom stereocenters. The molecule has 1 aromatic rings. The Labute approximate surface area is 132 Å². The van der Waals surface area contributed by atoms with Crippen LogP contribution in [0.4, 0.5) is 5.95 Å². The number of ether oxygens (including phenoxy) is 1. The average molecular weight is 305 g/mol. The molecule has 2 fully saturated rings. The van der Waals surface area contributed by atoms with Crippen LogP contribution >= 0.6 is 0 Å². The summed E-state index contributed by atoms with van der Waals surface area (Å²) >= 11 is 0. The van der Waals surface area contributed by atoms with Crippen molar-refractivity contribution < 1.29 is 4.74 Å². The largest absolute Gasteiger partial charge is 0.374 e. The highest BCUT2D eigenvalue weighted by Gasteiger charge is 2.18. The molecule has 0 saturated carbocycles. The maximum absolute atomic E-state index is 5.79. The molecule has 0 amide bonds. The fourth-order valence-corrected chi connectivity index (χ4v) is 3.09. The van der Waals surface area contributed by atoms with Crippen molar-refractivity contribution in [2.75, 3.05) is 50.8 Å². The van der Waals surface area contributed by atoms with E-state index in [1.807, 2.05) is 12.4 Å². The van der Waals surface area contributed by atoms with Crippen molar-refractivity contribution in [1.82, 2.24) is 20.2 Å². The van der Waals surface area contributed by atoms with E-state index < -0.39 is 0 Å². The molecule has 2 aliphatic rings. The molecule has 6 nitrogen and oxygen atoms in total. The summed E-state index contributed by atoms with van der Waals surface area (Å²) in [7, 11) is 0. The second-order valence-corrected chi connectivity index (χ2v) is 6.10. The zero-order valence-corrected chi connectivity index (χ0v) is 13.5. The zero-order chi connectivity index (χ0) is 15.2. The summed E-state index contributed by atoms with van der Waals surface area (Å²) in [6.07, 6.45) is 6.67. The lowest BCUT2D eigenvalue weighted by Crippen LogP contribution is -2.46. The number of hydrogen-bond donors (Lipinski definition) is 1. The molecular weight excluding hydrogens is 278 g/mol. The molecule has 6 heteroatoms. The van der Waals surface area contributed by atoms with Gasteiger partial charge in [0.25, 0.3) is 0 Å². The molecule has 0 spiro atoms. The second kappa shape index (κ2) is 7.85. The topological polar surface area (TPSA) is 53.5 Å². The van der Waals surface area contributed by atoms with Crippen LogP contribution in [0.2, 0.25) is 0 Å². The Balaban J connectivity index is 1.41. The van der Waals surface area contributed by atoms with Gasteiger partial charge in [0.15, 0.2) is 0 Å². The molecule has 0 bridgehead atoms. The van der Waals surface area contributed by atoms with Crippen molar-refractivity contribution in [2.45, 2.75) is 32.4 Å². The van der Waals surface area contributed by atoms with Gasteiger partial charge in [-0.15, -0.1) is 0 Å². The Bertz CT molecular complexity index is 446. The lowest BCUT2D eigenvalue weighted by molar-refractivity contribution is -0.0253. The Morgan fingerprint density at radius 1 is 1.23 bits per heavy atom. The molecule has 3 rings (SSSR count). The number of morpholine rings is 1. The quantitative estimate of drug-likeness (QED) is 0.842. The summed E-state index contributed by atoms with van der Waals surface area (Å²) in [5.41, 5.74) is 1.13. The summed E-state index contributed by atoms with van der Waals surface area (Å²) < 4.78 is 5.79. The monoisotopic (exact) mass is 305 g/mol. The van der Waals surface area contributed by atoms with E-state index in [0.29, 0.717) is 6.10 Å². The number of nitrogens with one attached hydrogen (secondary N) is 1. The summed E-state index contributed by atoms with van der Waals surface area (Å²) in [5, 5.41) is 3.46. The fourth-order valence-electron chi connectivity index (χ4n) is 3.09. The number of likely N-dealkylation sites (N-methyl/N-ethyl adjacent to an activating group) is 1. The predicted octanol–water partition coefficient (Wildman–Crippen LogP) is 0.887. The van der Waals surface area contributed by atoms with E-state index in [2.05, 4.69) is 32.0 Å². The van der Waals surface area contributed by atoms with Crippen molar-refractivity contribution in [3.05, 3.63) is 18.0 Å². The maximum Gasteiger partial charge on any atom is 0.225 e. The minimum atomic E-state index is 0.290. The van der Waals surface area contributed by atoms with Crippen LogP contribution in [0.5, 0.6) is 0 Å². The summed E-state index contributed by atoms with van der Waals surface area (Å²) in [5.74, 6) is 0.871. The Morgan fingerprint density at radius 2 is 2.00 bits per heavy atom. The van der Waals surface area contributed by atoms with Gasteiger partial charge in [-0.3, -0.25) is 4.90 Å². The first kappa shape index (κ1) is 15.6. The van der Waals surface area contributed by atoms with Gasteiger partial charge in [-0.1, -0.05) is 6.92 Å². The SMILES string of the molecule is CCN1CCO[C@H](CNCc2cnc(N3CCCC3)nc2)C1.